The van der Waals surface area contributed by atoms with Gasteiger partial charge in [0.05, 0.1) is 13.2 Å². The minimum absolute atomic E-state index is 0.0139. The zero-order valence-corrected chi connectivity index (χ0v) is 19.9. The van der Waals surface area contributed by atoms with E-state index in [0.29, 0.717) is 0 Å². The summed E-state index contributed by atoms with van der Waals surface area (Å²) in [5.41, 5.74) is -1.69. The molecule has 0 rings (SSSR count). The molecule has 3 unspecified atom stereocenters. The van der Waals surface area contributed by atoms with E-state index in [9.17, 15) is 19.2 Å². The van der Waals surface area contributed by atoms with Crippen LogP contribution in [0.15, 0.2) is 0 Å². The Bertz CT molecular complexity index is 787. The Labute approximate surface area is 190 Å². The van der Waals surface area contributed by atoms with E-state index in [1.807, 2.05) is 0 Å². The van der Waals surface area contributed by atoms with Crippen LogP contribution in [0.4, 0.5) is 0 Å². The molecule has 0 radical (unpaired) electrons. The molecule has 0 N–H and O–H groups in total. The molecule has 0 fully saturated rings. The number of hydrogen-bond acceptors (Lipinski definition) is 8. The maximum atomic E-state index is 11.5. The molecule has 0 bridgehead atoms. The lowest BCUT2D eigenvalue weighted by Gasteiger charge is -2.21. The van der Waals surface area contributed by atoms with Crippen molar-refractivity contribution < 1.29 is 28.7 Å². The van der Waals surface area contributed by atoms with Crippen LogP contribution in [0.25, 0.3) is 9.69 Å². The fourth-order valence-electron chi connectivity index (χ4n) is 1.46. The van der Waals surface area contributed by atoms with Gasteiger partial charge in [-0.25, -0.2) is 13.1 Å². The van der Waals surface area contributed by atoms with Crippen molar-refractivity contribution in [2.45, 2.75) is 51.9 Å². The summed E-state index contributed by atoms with van der Waals surface area (Å²) in [4.78, 5) is 50.4. The summed E-state index contributed by atoms with van der Waals surface area (Å²) in [5, 5.41) is 16.3. The number of esters is 2. The lowest BCUT2D eigenvalue weighted by Crippen LogP contribution is -2.44. The van der Waals surface area contributed by atoms with Crippen LogP contribution >= 0.6 is 15.9 Å². The summed E-state index contributed by atoms with van der Waals surface area (Å²) in [6, 6.07) is 1.96. The third kappa shape index (κ3) is 10.9. The van der Waals surface area contributed by atoms with Gasteiger partial charge in [-0.3, -0.25) is 24.0 Å². The maximum Gasteiger partial charge on any atom is 0.330 e. The first-order valence-electron chi connectivity index (χ1n) is 8.81. The van der Waals surface area contributed by atoms with Crippen LogP contribution in [0.5, 0.6) is 0 Å². The molecular formula is C20H25BrN4O6. The number of halogens is 1. The molecule has 0 spiro atoms. The molecule has 0 aromatic carbocycles. The van der Waals surface area contributed by atoms with Crippen LogP contribution in [-0.4, -0.2) is 53.6 Å². The van der Waals surface area contributed by atoms with E-state index < -0.39 is 33.5 Å². The fraction of sp³-hybridized carbons (Fsp3) is 0.600. The number of alkyl halides is 1. The molecule has 31 heavy (non-hydrogen) atoms. The highest BCUT2D eigenvalue weighted by molar-refractivity contribution is 9.10. The topological polar surface area (TPSA) is 143 Å². The zero-order valence-electron chi connectivity index (χ0n) is 18.3. The SMILES string of the molecule is CCOC(=O)C(C)(Br)C(C)=O.[C-]#[N+]C(C#N)C(C)(C(C)=O)C(=O)OCC.[C-]#[N+]CC#N. The third-order valence-electron chi connectivity index (χ3n) is 3.70. The molecule has 0 aliphatic rings. The van der Waals surface area contributed by atoms with Gasteiger partial charge in [0, 0.05) is 0 Å². The molecule has 0 amide bonds. The Morgan fingerprint density at radius 2 is 1.45 bits per heavy atom. The smallest absolute Gasteiger partial charge is 0.330 e. The summed E-state index contributed by atoms with van der Waals surface area (Å²) in [6.07, 6.45) is 0. The lowest BCUT2D eigenvalue weighted by atomic mass is 9.79. The fourth-order valence-corrected chi connectivity index (χ4v) is 1.58. The molecule has 0 saturated heterocycles. The molecule has 0 aliphatic heterocycles. The van der Waals surface area contributed by atoms with Crippen LogP contribution in [-0.2, 0) is 28.7 Å². The molecule has 0 aromatic heterocycles. The van der Waals surface area contributed by atoms with E-state index in [1.54, 1.807) is 26.0 Å². The van der Waals surface area contributed by atoms with Gasteiger partial charge in [-0.05, 0) is 41.5 Å². The van der Waals surface area contributed by atoms with Crippen molar-refractivity contribution >= 4 is 39.4 Å². The number of ketones is 2. The first kappa shape index (κ1) is 32.4. The van der Waals surface area contributed by atoms with Crippen molar-refractivity contribution in [3.63, 3.8) is 0 Å². The van der Waals surface area contributed by atoms with E-state index in [2.05, 4.69) is 30.4 Å². The van der Waals surface area contributed by atoms with Gasteiger partial charge in [0.15, 0.2) is 22.0 Å². The van der Waals surface area contributed by atoms with E-state index in [0.717, 1.165) is 0 Å². The van der Waals surface area contributed by atoms with Crippen LogP contribution in [0.3, 0.4) is 0 Å². The van der Waals surface area contributed by atoms with E-state index in [4.69, 9.17) is 28.4 Å². The number of nitriles is 2. The predicted molar refractivity (Wildman–Crippen MR) is 113 cm³/mol. The van der Waals surface area contributed by atoms with E-state index >= 15 is 0 Å². The number of nitrogens with zero attached hydrogens (tertiary/aromatic N) is 4. The second kappa shape index (κ2) is 16.5. The summed E-state index contributed by atoms with van der Waals surface area (Å²) in [7, 11) is 0. The second-order valence-electron chi connectivity index (χ2n) is 5.89. The van der Waals surface area contributed by atoms with Gasteiger partial charge in [0.2, 0.25) is 5.41 Å². The van der Waals surface area contributed by atoms with Gasteiger partial charge < -0.3 is 14.3 Å². The number of hydrogen-bond donors (Lipinski definition) is 0. The Hall–Kier alpha value is -3.28. The van der Waals surface area contributed by atoms with Gasteiger partial charge in [-0.15, -0.1) is 0 Å². The second-order valence-corrected chi connectivity index (χ2v) is 7.48. The molecule has 11 heteroatoms. The van der Waals surface area contributed by atoms with Crippen molar-refractivity contribution in [3.05, 3.63) is 22.8 Å². The first-order valence-corrected chi connectivity index (χ1v) is 9.60. The number of ether oxygens (including phenoxy) is 2. The first-order chi connectivity index (χ1) is 14.3. The average molecular weight is 497 g/mol. The third-order valence-corrected chi connectivity index (χ3v) is 4.58. The molecular weight excluding hydrogens is 472 g/mol. The normalized spacial score (nSPS) is 13.5. The van der Waals surface area contributed by atoms with Crippen LogP contribution in [0, 0.1) is 41.2 Å². The van der Waals surface area contributed by atoms with Crippen molar-refractivity contribution in [3.8, 4) is 12.1 Å². The molecule has 0 heterocycles. The largest absolute Gasteiger partial charge is 0.465 e. The minimum atomic E-state index is -1.69. The minimum Gasteiger partial charge on any atom is -0.465 e. The maximum absolute atomic E-state index is 11.5. The molecule has 0 aromatic rings. The van der Waals surface area contributed by atoms with Crippen molar-refractivity contribution in [1.82, 2.24) is 0 Å². The van der Waals surface area contributed by atoms with Gasteiger partial charge in [-0.1, -0.05) is 15.9 Å². The Kier molecular flexibility index (Phi) is 17.2. The molecule has 0 saturated carbocycles. The summed E-state index contributed by atoms with van der Waals surface area (Å²) in [6.45, 7) is 21.7. The van der Waals surface area contributed by atoms with Crippen LogP contribution in [0.2, 0.25) is 0 Å². The number of rotatable bonds is 7. The highest BCUT2D eigenvalue weighted by Gasteiger charge is 2.52. The van der Waals surface area contributed by atoms with Crippen molar-refractivity contribution in [2.24, 2.45) is 5.41 Å². The number of Topliss-reactive ketones (excluding diaryl/α,β-unsaturated/α-hetero) is 2. The molecule has 3 atom stereocenters. The van der Waals surface area contributed by atoms with Gasteiger partial charge in [0.25, 0.3) is 6.54 Å². The molecule has 168 valence electrons. The predicted octanol–water partition coefficient (Wildman–Crippen LogP) is 2.68. The van der Waals surface area contributed by atoms with E-state index in [-0.39, 0.29) is 25.5 Å². The highest BCUT2D eigenvalue weighted by Crippen LogP contribution is 2.27. The van der Waals surface area contributed by atoms with Crippen molar-refractivity contribution in [1.29, 1.82) is 10.5 Å². The quantitative estimate of drug-likeness (QED) is 0.172. The molecule has 0 aliphatic carbocycles. The average Bonchev–Trinajstić information content (AvgIpc) is 2.70. The van der Waals surface area contributed by atoms with Gasteiger partial charge in [-0.2, -0.15) is 10.5 Å². The Morgan fingerprint density at radius 1 is 1.00 bits per heavy atom. The molecule has 10 nitrogen and oxygen atoms in total. The Balaban J connectivity index is -0.000000428. The lowest BCUT2D eigenvalue weighted by molar-refractivity contribution is -0.158. The Morgan fingerprint density at radius 3 is 1.68 bits per heavy atom. The standard InChI is InChI=1S/C10H12N2O3.C7H11BrO3.C3H2N2/c1-5-15-9(14)10(3,7(2)13)8(6-11)12-4;1-4-11-6(10)7(3,8)5(2)9;1-5-3-2-4/h8H,5H2,1-3H3;4H2,1-3H3;3H2. The monoisotopic (exact) mass is 496 g/mol. The number of carbonyl (C=O) groups is 4. The summed E-state index contributed by atoms with van der Waals surface area (Å²) < 4.78 is 8.18. The van der Waals surface area contributed by atoms with Crippen LogP contribution < -0.4 is 0 Å². The highest BCUT2D eigenvalue weighted by atomic mass is 79.9. The number of carbonyl (C=O) groups excluding carboxylic acids is 4. The van der Waals surface area contributed by atoms with Crippen molar-refractivity contribution in [2.75, 3.05) is 19.8 Å². The van der Waals surface area contributed by atoms with E-state index in [1.165, 1.54) is 27.7 Å². The van der Waals surface area contributed by atoms with Crippen LogP contribution in [0.1, 0.15) is 41.5 Å². The summed E-state index contributed by atoms with van der Waals surface area (Å²) in [5.74, 6) is -2.15. The van der Waals surface area contributed by atoms with Gasteiger partial charge in [0.1, 0.15) is 6.07 Å². The van der Waals surface area contributed by atoms with Gasteiger partial charge >= 0.3 is 18.0 Å². The zero-order chi connectivity index (χ0) is 25.3. The summed E-state index contributed by atoms with van der Waals surface area (Å²) >= 11 is 2.99.